The molecule has 0 saturated heterocycles. The maximum Gasteiger partial charge on any atom is 0.411 e. The molecule has 0 amide bonds. The summed E-state index contributed by atoms with van der Waals surface area (Å²) in [6, 6.07) is 5.08. The Labute approximate surface area is 182 Å². The fourth-order valence-corrected chi connectivity index (χ4v) is 3.07. The number of benzene rings is 1. The average Bonchev–Trinajstić information content (AvgIpc) is 2.63. The van der Waals surface area contributed by atoms with Crippen molar-refractivity contribution >= 4 is 29.0 Å². The van der Waals surface area contributed by atoms with Gasteiger partial charge in [0.2, 0.25) is 0 Å². The van der Waals surface area contributed by atoms with E-state index in [0.29, 0.717) is 46.5 Å². The van der Waals surface area contributed by atoms with Crippen molar-refractivity contribution in [2.75, 3.05) is 39.1 Å². The smallest absolute Gasteiger partial charge is 0.389 e. The highest BCUT2D eigenvalue weighted by Gasteiger charge is 2.27. The molecular formula is C18H22Cl2F3N5O2. The summed E-state index contributed by atoms with van der Waals surface area (Å²) in [5.74, 6) is 0.617. The van der Waals surface area contributed by atoms with Crippen LogP contribution in [0.4, 0.5) is 19.0 Å². The predicted molar refractivity (Wildman–Crippen MR) is 108 cm³/mol. The minimum absolute atomic E-state index is 0.172. The fourth-order valence-electron chi connectivity index (χ4n) is 2.68. The summed E-state index contributed by atoms with van der Waals surface area (Å²) in [6.07, 6.45) is -4.32. The summed E-state index contributed by atoms with van der Waals surface area (Å²) in [5.41, 5.74) is 6.87. The first-order valence-electron chi connectivity index (χ1n) is 9.01. The van der Waals surface area contributed by atoms with Gasteiger partial charge in [0.25, 0.3) is 0 Å². The third kappa shape index (κ3) is 7.84. The van der Waals surface area contributed by atoms with Crippen molar-refractivity contribution in [3.63, 3.8) is 0 Å². The van der Waals surface area contributed by atoms with Crippen LogP contribution in [0.2, 0.25) is 10.0 Å². The monoisotopic (exact) mass is 467 g/mol. The normalized spacial score (nSPS) is 13.1. The zero-order chi connectivity index (χ0) is 22.3. The quantitative estimate of drug-likeness (QED) is 0.553. The van der Waals surface area contributed by atoms with Crippen molar-refractivity contribution in [3.05, 3.63) is 34.1 Å². The minimum atomic E-state index is -4.41. The summed E-state index contributed by atoms with van der Waals surface area (Å²) < 4.78 is 40.5. The first-order valence-corrected chi connectivity index (χ1v) is 9.77. The summed E-state index contributed by atoms with van der Waals surface area (Å²) in [5, 5.41) is 18.6. The molecule has 0 aliphatic carbocycles. The Morgan fingerprint density at radius 2 is 2.00 bits per heavy atom. The van der Waals surface area contributed by atoms with Crippen LogP contribution in [0.25, 0.3) is 11.3 Å². The lowest BCUT2D eigenvalue weighted by Gasteiger charge is -2.20. The number of halogens is 5. The number of hydrogen-bond acceptors (Lipinski definition) is 7. The second-order valence-electron chi connectivity index (χ2n) is 6.71. The van der Waals surface area contributed by atoms with Crippen LogP contribution >= 0.6 is 23.2 Å². The molecule has 0 bridgehead atoms. The van der Waals surface area contributed by atoms with Gasteiger partial charge < -0.3 is 20.5 Å². The molecule has 1 aromatic heterocycles. The maximum absolute atomic E-state index is 12.0. The van der Waals surface area contributed by atoms with E-state index in [4.69, 9.17) is 28.9 Å². The molecule has 0 spiro atoms. The molecule has 0 unspecified atom stereocenters. The van der Waals surface area contributed by atoms with Crippen LogP contribution in [-0.2, 0) is 11.2 Å². The van der Waals surface area contributed by atoms with Gasteiger partial charge in [-0.15, -0.1) is 10.2 Å². The van der Waals surface area contributed by atoms with Gasteiger partial charge in [0, 0.05) is 18.5 Å². The molecule has 2 rings (SSSR count). The molecule has 0 aliphatic heterocycles. The maximum atomic E-state index is 12.0. The molecule has 1 atom stereocenters. The Hall–Kier alpha value is -1.72. The molecule has 0 saturated carbocycles. The second-order valence-corrected chi connectivity index (χ2v) is 7.50. The Bertz CT molecular complexity index is 842. The lowest BCUT2D eigenvalue weighted by molar-refractivity contribution is -0.179. The summed E-state index contributed by atoms with van der Waals surface area (Å²) >= 11 is 12.2. The summed E-state index contributed by atoms with van der Waals surface area (Å²) in [4.78, 5) is 6.03. The van der Waals surface area contributed by atoms with Gasteiger partial charge in [0.05, 0.1) is 22.8 Å². The highest BCUT2D eigenvalue weighted by molar-refractivity contribution is 6.43. The first-order chi connectivity index (χ1) is 14.1. The van der Waals surface area contributed by atoms with Crippen molar-refractivity contribution in [3.8, 4) is 11.3 Å². The van der Waals surface area contributed by atoms with E-state index < -0.39 is 18.9 Å². The fraction of sp³-hybridized carbons (Fsp3) is 0.500. The van der Waals surface area contributed by atoms with Crippen LogP contribution in [0.1, 0.15) is 12.2 Å². The number of aryl methyl sites for hydroxylation is 1. The molecule has 0 aliphatic rings. The van der Waals surface area contributed by atoms with Gasteiger partial charge >= 0.3 is 6.18 Å². The molecule has 0 radical (unpaired) electrons. The number of anilines is 1. The average molecular weight is 468 g/mol. The van der Waals surface area contributed by atoms with Crippen LogP contribution in [0, 0.1) is 0 Å². The number of nitrogen functional groups attached to an aromatic ring is 1. The molecule has 166 valence electrons. The number of hydrogen-bond donors (Lipinski definition) is 2. The van der Waals surface area contributed by atoms with Crippen LogP contribution in [-0.4, -0.2) is 70.8 Å². The van der Waals surface area contributed by atoms with E-state index in [-0.39, 0.29) is 19.0 Å². The Balaban J connectivity index is 1.81. The van der Waals surface area contributed by atoms with Gasteiger partial charge in [-0.3, -0.25) is 0 Å². The zero-order valence-electron chi connectivity index (χ0n) is 16.2. The van der Waals surface area contributed by atoms with Crippen molar-refractivity contribution < 1.29 is 23.0 Å². The van der Waals surface area contributed by atoms with Crippen LogP contribution < -0.4 is 5.73 Å². The molecule has 12 heteroatoms. The minimum Gasteiger partial charge on any atom is -0.389 e. The topological polar surface area (TPSA) is 97.4 Å². The number of alkyl halides is 3. The van der Waals surface area contributed by atoms with Gasteiger partial charge in [-0.05, 0) is 26.1 Å². The van der Waals surface area contributed by atoms with E-state index >= 15 is 0 Å². The number of ether oxygens (including phenoxy) is 1. The molecule has 3 N–H and O–H groups in total. The molecule has 7 nitrogen and oxygen atoms in total. The molecule has 1 heterocycles. The molecule has 0 fully saturated rings. The number of aromatic nitrogens is 3. The van der Waals surface area contributed by atoms with E-state index in [2.05, 4.69) is 19.9 Å². The lowest BCUT2D eigenvalue weighted by atomic mass is 10.1. The van der Waals surface area contributed by atoms with Crippen LogP contribution in [0.3, 0.4) is 0 Å². The molecular weight excluding hydrogens is 446 g/mol. The van der Waals surface area contributed by atoms with E-state index in [9.17, 15) is 18.3 Å². The molecule has 2 aromatic rings. The van der Waals surface area contributed by atoms with Crippen LogP contribution in [0.15, 0.2) is 18.2 Å². The Morgan fingerprint density at radius 3 is 2.67 bits per heavy atom. The van der Waals surface area contributed by atoms with Crippen molar-refractivity contribution in [2.45, 2.75) is 25.1 Å². The van der Waals surface area contributed by atoms with E-state index in [0.717, 1.165) is 0 Å². The summed E-state index contributed by atoms with van der Waals surface area (Å²) in [7, 11) is 1.74. The number of nitrogens with two attached hydrogens (primary N) is 1. The molecule has 30 heavy (non-hydrogen) atoms. The van der Waals surface area contributed by atoms with Gasteiger partial charge in [-0.1, -0.05) is 35.3 Å². The third-order valence-electron chi connectivity index (χ3n) is 4.00. The standard InChI is InChI=1S/C18H22Cl2F3N5O2/c1-28(8-11(29)9-30-10-18(21,22)23)7-3-6-14-25-17(24)16(27-26-14)12-4-2-5-13(19)15(12)20/h2,4-5,11,29H,3,6-10H2,1H3,(H2,24,25,26)/t11-/m1/s1. The van der Waals surface area contributed by atoms with Crippen molar-refractivity contribution in [1.82, 2.24) is 20.1 Å². The molecule has 1 aromatic carbocycles. The van der Waals surface area contributed by atoms with Gasteiger partial charge in [0.1, 0.15) is 12.3 Å². The predicted octanol–water partition coefficient (Wildman–Crippen LogP) is 3.23. The number of likely N-dealkylation sites (N-methyl/N-ethyl adjacent to an activating group) is 1. The first kappa shape index (κ1) is 24.5. The van der Waals surface area contributed by atoms with E-state index in [1.165, 1.54) is 0 Å². The van der Waals surface area contributed by atoms with Crippen molar-refractivity contribution in [2.24, 2.45) is 0 Å². The van der Waals surface area contributed by atoms with Crippen LogP contribution in [0.5, 0.6) is 0 Å². The number of rotatable bonds is 10. The van der Waals surface area contributed by atoms with Gasteiger partial charge in [-0.2, -0.15) is 13.2 Å². The lowest BCUT2D eigenvalue weighted by Crippen LogP contribution is -2.34. The third-order valence-corrected chi connectivity index (χ3v) is 4.82. The number of aliphatic hydroxyl groups excluding tert-OH is 1. The van der Waals surface area contributed by atoms with E-state index in [1.807, 2.05) is 0 Å². The van der Waals surface area contributed by atoms with Crippen molar-refractivity contribution in [1.29, 1.82) is 0 Å². The number of aliphatic hydroxyl groups is 1. The van der Waals surface area contributed by atoms with Gasteiger partial charge in [0.15, 0.2) is 11.6 Å². The highest BCUT2D eigenvalue weighted by atomic mass is 35.5. The Kier molecular flexibility index (Phi) is 9.05. The SMILES string of the molecule is CN(CCCc1nnc(-c2cccc(Cl)c2Cl)c(N)n1)C[C@@H](O)COCC(F)(F)F. The summed E-state index contributed by atoms with van der Waals surface area (Å²) in [6.45, 7) is -1.04. The second kappa shape index (κ2) is 11.1. The number of nitrogens with zero attached hydrogens (tertiary/aromatic N) is 4. The largest absolute Gasteiger partial charge is 0.411 e. The van der Waals surface area contributed by atoms with E-state index in [1.54, 1.807) is 30.1 Å². The Morgan fingerprint density at radius 1 is 1.27 bits per heavy atom. The zero-order valence-corrected chi connectivity index (χ0v) is 17.7. The van der Waals surface area contributed by atoms with Gasteiger partial charge in [-0.25, -0.2) is 4.98 Å². The highest BCUT2D eigenvalue weighted by Crippen LogP contribution is 2.34.